The lowest BCUT2D eigenvalue weighted by Crippen LogP contribution is -2.39. The van der Waals surface area contributed by atoms with Crippen LogP contribution in [0.3, 0.4) is 0 Å². The van der Waals surface area contributed by atoms with Gasteiger partial charge in [0.1, 0.15) is 12.3 Å². The van der Waals surface area contributed by atoms with Gasteiger partial charge in [-0.1, -0.05) is 23.8 Å². The van der Waals surface area contributed by atoms with Crippen LogP contribution in [0.4, 0.5) is 5.69 Å². The van der Waals surface area contributed by atoms with Crippen LogP contribution in [0.5, 0.6) is 5.75 Å². The van der Waals surface area contributed by atoms with Crippen molar-refractivity contribution in [2.75, 3.05) is 18.0 Å². The molecule has 0 atom stereocenters. The van der Waals surface area contributed by atoms with Crippen molar-refractivity contribution in [1.82, 2.24) is 10.4 Å². The van der Waals surface area contributed by atoms with E-state index in [-0.39, 0.29) is 4.90 Å². The predicted molar refractivity (Wildman–Crippen MR) is 119 cm³/mol. The lowest BCUT2D eigenvalue weighted by Gasteiger charge is -2.24. The number of sulfonamides is 1. The molecule has 2 aromatic carbocycles. The molecule has 31 heavy (non-hydrogen) atoms. The molecule has 160 valence electrons. The second-order valence-electron chi connectivity index (χ2n) is 6.60. The summed E-state index contributed by atoms with van der Waals surface area (Å²) in [4.78, 5) is 16.5. The van der Waals surface area contributed by atoms with Gasteiger partial charge in [-0.2, -0.15) is 5.10 Å². The normalized spacial score (nSPS) is 11.3. The Balaban J connectivity index is 1.87. The molecule has 0 spiro atoms. The van der Waals surface area contributed by atoms with Crippen LogP contribution >= 0.6 is 0 Å². The quantitative estimate of drug-likeness (QED) is 0.431. The van der Waals surface area contributed by atoms with E-state index in [0.717, 1.165) is 15.4 Å². The molecule has 1 heterocycles. The van der Waals surface area contributed by atoms with Crippen molar-refractivity contribution in [1.29, 1.82) is 0 Å². The van der Waals surface area contributed by atoms with Crippen molar-refractivity contribution in [2.45, 2.75) is 11.8 Å². The summed E-state index contributed by atoms with van der Waals surface area (Å²) >= 11 is 0. The van der Waals surface area contributed by atoms with Crippen LogP contribution < -0.4 is 14.5 Å². The topological polar surface area (TPSA) is 101 Å². The molecule has 1 aromatic heterocycles. The summed E-state index contributed by atoms with van der Waals surface area (Å²) in [5.41, 5.74) is 4.33. The third-order valence-electron chi connectivity index (χ3n) is 4.35. The zero-order valence-corrected chi connectivity index (χ0v) is 17.9. The molecule has 0 saturated heterocycles. The maximum absolute atomic E-state index is 13.3. The minimum absolute atomic E-state index is 0.0778. The zero-order chi connectivity index (χ0) is 22.3. The van der Waals surface area contributed by atoms with Crippen LogP contribution in [0.2, 0.25) is 0 Å². The predicted octanol–water partition coefficient (Wildman–Crippen LogP) is 2.74. The number of amides is 1. The first-order valence-electron chi connectivity index (χ1n) is 9.35. The molecule has 3 rings (SSSR count). The Labute approximate surface area is 181 Å². The number of methoxy groups -OCH3 is 1. The van der Waals surface area contributed by atoms with Crippen molar-refractivity contribution in [3.8, 4) is 5.75 Å². The average molecular weight is 439 g/mol. The van der Waals surface area contributed by atoms with E-state index in [1.54, 1.807) is 60.9 Å². The van der Waals surface area contributed by atoms with Crippen LogP contribution in [-0.4, -0.2) is 39.2 Å². The molecule has 0 fully saturated rings. The third kappa shape index (κ3) is 5.67. The van der Waals surface area contributed by atoms with Gasteiger partial charge in [-0.05, 0) is 48.9 Å². The van der Waals surface area contributed by atoms with Crippen LogP contribution in [0, 0.1) is 6.92 Å². The van der Waals surface area contributed by atoms with Crippen molar-refractivity contribution in [3.05, 3.63) is 84.2 Å². The first-order chi connectivity index (χ1) is 14.9. The van der Waals surface area contributed by atoms with Gasteiger partial charge in [0.25, 0.3) is 15.9 Å². The van der Waals surface area contributed by atoms with Gasteiger partial charge < -0.3 is 4.74 Å². The molecule has 0 aliphatic heterocycles. The van der Waals surface area contributed by atoms with E-state index >= 15 is 0 Å². The molecule has 9 heteroatoms. The van der Waals surface area contributed by atoms with Crippen LogP contribution in [0.1, 0.15) is 11.1 Å². The highest BCUT2D eigenvalue weighted by atomic mass is 32.2. The van der Waals surface area contributed by atoms with E-state index in [9.17, 15) is 13.2 Å². The number of nitrogens with zero attached hydrogens (tertiary/aromatic N) is 3. The van der Waals surface area contributed by atoms with Crippen LogP contribution in [0.25, 0.3) is 0 Å². The number of aryl methyl sites for hydroxylation is 1. The number of carbonyl (C=O) groups excluding carboxylic acids is 1. The van der Waals surface area contributed by atoms with E-state index in [1.807, 2.05) is 6.92 Å². The SMILES string of the molecule is COc1cccc(N(CC(=O)NN=Cc2ccncc2)S(=O)(=O)c2ccc(C)cc2)c1. The maximum atomic E-state index is 13.3. The Bertz CT molecular complexity index is 1160. The molecule has 0 saturated carbocycles. The molecule has 3 aromatic rings. The molecule has 1 amide bonds. The molecule has 8 nitrogen and oxygen atoms in total. The van der Waals surface area contributed by atoms with Gasteiger partial charge in [-0.25, -0.2) is 13.8 Å². The number of carbonyl (C=O) groups is 1. The van der Waals surface area contributed by atoms with Gasteiger partial charge in [0, 0.05) is 18.5 Å². The second kappa shape index (κ2) is 9.86. The van der Waals surface area contributed by atoms with Gasteiger partial charge in [0.05, 0.1) is 23.9 Å². The van der Waals surface area contributed by atoms with E-state index in [0.29, 0.717) is 11.4 Å². The number of nitrogens with one attached hydrogen (secondary N) is 1. The maximum Gasteiger partial charge on any atom is 0.264 e. The van der Waals surface area contributed by atoms with Crippen LogP contribution in [0.15, 0.2) is 83.1 Å². The number of anilines is 1. The Kier molecular flexibility index (Phi) is 6.99. The van der Waals surface area contributed by atoms with Crippen molar-refractivity contribution in [3.63, 3.8) is 0 Å². The zero-order valence-electron chi connectivity index (χ0n) is 17.1. The van der Waals surface area contributed by atoms with Gasteiger partial charge in [-0.15, -0.1) is 0 Å². The summed E-state index contributed by atoms with van der Waals surface area (Å²) in [6.45, 7) is 1.40. The highest BCUT2D eigenvalue weighted by Crippen LogP contribution is 2.27. The molecule has 0 aliphatic rings. The van der Waals surface area contributed by atoms with Gasteiger partial charge in [0.15, 0.2) is 0 Å². The summed E-state index contributed by atoms with van der Waals surface area (Å²) < 4.78 is 32.9. The molecular formula is C22H22N4O4S. The molecule has 0 bridgehead atoms. The number of rotatable bonds is 8. The summed E-state index contributed by atoms with van der Waals surface area (Å²) in [5.74, 6) is -0.124. The van der Waals surface area contributed by atoms with Crippen LogP contribution in [-0.2, 0) is 14.8 Å². The summed E-state index contributed by atoms with van der Waals surface area (Å²) in [7, 11) is -2.53. The first kappa shape index (κ1) is 22.0. The van der Waals surface area contributed by atoms with Crippen molar-refractivity contribution >= 4 is 27.8 Å². The largest absolute Gasteiger partial charge is 0.497 e. The third-order valence-corrected chi connectivity index (χ3v) is 6.13. The van der Waals surface area contributed by atoms with E-state index < -0.39 is 22.5 Å². The lowest BCUT2D eigenvalue weighted by molar-refractivity contribution is -0.119. The van der Waals surface area contributed by atoms with Crippen molar-refractivity contribution in [2.24, 2.45) is 5.10 Å². The summed E-state index contributed by atoms with van der Waals surface area (Å²) in [5, 5.41) is 3.89. The van der Waals surface area contributed by atoms with Crippen molar-refractivity contribution < 1.29 is 17.9 Å². The standard InChI is InChI=1S/C22H22N4O4S/c1-17-6-8-21(9-7-17)31(28,29)26(19-4-3-5-20(14-19)30-2)16-22(27)25-24-15-18-10-12-23-13-11-18/h3-15H,16H2,1-2H3,(H,25,27). The number of aromatic nitrogens is 1. The average Bonchev–Trinajstić information content (AvgIpc) is 2.78. The first-order valence-corrected chi connectivity index (χ1v) is 10.8. The Morgan fingerprint density at radius 2 is 1.84 bits per heavy atom. The van der Waals surface area contributed by atoms with E-state index in [1.165, 1.54) is 25.5 Å². The molecular weight excluding hydrogens is 416 g/mol. The fraction of sp³-hybridized carbons (Fsp3) is 0.136. The summed E-state index contributed by atoms with van der Waals surface area (Å²) in [6, 6.07) is 16.4. The Morgan fingerprint density at radius 1 is 1.13 bits per heavy atom. The Hall–Kier alpha value is -3.72. The summed E-state index contributed by atoms with van der Waals surface area (Å²) in [6.07, 6.45) is 4.65. The Morgan fingerprint density at radius 3 is 2.52 bits per heavy atom. The molecule has 0 radical (unpaired) electrons. The number of hydrogen-bond donors (Lipinski definition) is 1. The van der Waals surface area contributed by atoms with E-state index in [2.05, 4.69) is 15.5 Å². The fourth-order valence-corrected chi connectivity index (χ4v) is 4.13. The lowest BCUT2D eigenvalue weighted by atomic mass is 10.2. The minimum Gasteiger partial charge on any atom is -0.497 e. The van der Waals surface area contributed by atoms with E-state index in [4.69, 9.17) is 4.74 Å². The number of ether oxygens (including phenoxy) is 1. The van der Waals surface area contributed by atoms with Gasteiger partial charge in [-0.3, -0.25) is 14.1 Å². The molecule has 0 unspecified atom stereocenters. The monoisotopic (exact) mass is 438 g/mol. The highest BCUT2D eigenvalue weighted by Gasteiger charge is 2.27. The van der Waals surface area contributed by atoms with Gasteiger partial charge >= 0.3 is 0 Å². The number of hydrazone groups is 1. The smallest absolute Gasteiger partial charge is 0.264 e. The number of hydrogen-bond acceptors (Lipinski definition) is 6. The van der Waals surface area contributed by atoms with Gasteiger partial charge in [0.2, 0.25) is 0 Å². The minimum atomic E-state index is -4.01. The fourth-order valence-electron chi connectivity index (χ4n) is 2.71. The number of benzene rings is 2. The molecule has 0 aliphatic carbocycles. The second-order valence-corrected chi connectivity index (χ2v) is 8.46. The molecule has 1 N–H and O–H groups in total. The number of pyridine rings is 1. The highest BCUT2D eigenvalue weighted by molar-refractivity contribution is 7.92.